The number of benzene rings is 2. The topological polar surface area (TPSA) is 37.8 Å². The van der Waals surface area contributed by atoms with Crippen LogP contribution in [0.15, 0.2) is 48.5 Å². The lowest BCUT2D eigenvalue weighted by atomic mass is 10.1. The summed E-state index contributed by atoms with van der Waals surface area (Å²) in [7, 11) is 0. The minimum Gasteiger partial charge on any atom is -0.367 e. The highest BCUT2D eigenvalue weighted by molar-refractivity contribution is 6.31. The highest BCUT2D eigenvalue weighted by Gasteiger charge is 2.11. The molecule has 1 atom stereocenters. The Kier molecular flexibility index (Phi) is 4.25. The van der Waals surface area contributed by atoms with E-state index in [-0.39, 0.29) is 0 Å². The van der Waals surface area contributed by atoms with E-state index in [9.17, 15) is 0 Å². The van der Waals surface area contributed by atoms with Crippen molar-refractivity contribution >= 4 is 28.3 Å². The average molecular weight is 312 g/mol. The van der Waals surface area contributed by atoms with Gasteiger partial charge in [-0.05, 0) is 31.5 Å². The van der Waals surface area contributed by atoms with E-state index in [1.165, 1.54) is 0 Å². The molecule has 22 heavy (non-hydrogen) atoms. The Morgan fingerprint density at radius 3 is 2.59 bits per heavy atom. The third-order valence-electron chi connectivity index (χ3n) is 3.69. The molecule has 3 nitrogen and oxygen atoms in total. The number of nitrogens with one attached hydrogen (secondary N) is 1. The van der Waals surface area contributed by atoms with E-state index in [0.29, 0.717) is 16.9 Å². The van der Waals surface area contributed by atoms with Gasteiger partial charge in [0.2, 0.25) is 0 Å². The van der Waals surface area contributed by atoms with Gasteiger partial charge in [0.1, 0.15) is 5.82 Å². The Bertz CT molecular complexity index is 787. The maximum absolute atomic E-state index is 6.12. The summed E-state index contributed by atoms with van der Waals surface area (Å²) >= 11 is 6.12. The number of anilines is 1. The predicted octanol–water partition coefficient (Wildman–Crippen LogP) is 5.16. The first-order valence-electron chi connectivity index (χ1n) is 7.46. The van der Waals surface area contributed by atoms with Crippen molar-refractivity contribution in [3.8, 4) is 11.4 Å². The molecule has 0 aliphatic heterocycles. The molecule has 0 fully saturated rings. The summed E-state index contributed by atoms with van der Waals surface area (Å²) in [6.07, 6.45) is 1.03. The molecule has 0 bridgehead atoms. The van der Waals surface area contributed by atoms with Gasteiger partial charge in [-0.15, -0.1) is 0 Å². The van der Waals surface area contributed by atoms with E-state index in [1.807, 2.05) is 48.5 Å². The van der Waals surface area contributed by atoms with Crippen LogP contribution in [-0.4, -0.2) is 16.0 Å². The van der Waals surface area contributed by atoms with Crippen molar-refractivity contribution in [1.29, 1.82) is 0 Å². The second-order valence-corrected chi connectivity index (χ2v) is 5.81. The fourth-order valence-corrected chi connectivity index (χ4v) is 2.43. The van der Waals surface area contributed by atoms with Crippen molar-refractivity contribution < 1.29 is 0 Å². The summed E-state index contributed by atoms with van der Waals surface area (Å²) in [5.74, 6) is 1.57. The van der Waals surface area contributed by atoms with Crippen LogP contribution in [0.1, 0.15) is 20.3 Å². The first-order chi connectivity index (χ1) is 10.7. The summed E-state index contributed by atoms with van der Waals surface area (Å²) in [5.41, 5.74) is 1.85. The summed E-state index contributed by atoms with van der Waals surface area (Å²) in [5, 5.41) is 5.14. The lowest BCUT2D eigenvalue weighted by molar-refractivity contribution is 0.760. The van der Waals surface area contributed by atoms with E-state index in [1.54, 1.807) is 0 Å². The minimum absolute atomic E-state index is 0.345. The van der Waals surface area contributed by atoms with Crippen LogP contribution in [0.2, 0.25) is 5.02 Å². The molecule has 0 aliphatic carbocycles. The van der Waals surface area contributed by atoms with Crippen molar-refractivity contribution in [3.63, 3.8) is 0 Å². The first kappa shape index (κ1) is 14.8. The van der Waals surface area contributed by atoms with Gasteiger partial charge in [-0.3, -0.25) is 0 Å². The molecular formula is C18H18ClN3. The summed E-state index contributed by atoms with van der Waals surface area (Å²) < 4.78 is 0. The molecule has 3 aromatic rings. The highest BCUT2D eigenvalue weighted by atomic mass is 35.5. The molecule has 4 heteroatoms. The zero-order valence-corrected chi connectivity index (χ0v) is 13.4. The van der Waals surface area contributed by atoms with Crippen LogP contribution in [-0.2, 0) is 0 Å². The normalized spacial score (nSPS) is 12.3. The minimum atomic E-state index is 0.345. The fourth-order valence-electron chi connectivity index (χ4n) is 2.26. The molecule has 0 radical (unpaired) electrons. The molecule has 2 aromatic carbocycles. The maximum Gasteiger partial charge on any atom is 0.162 e. The lowest BCUT2D eigenvalue weighted by Gasteiger charge is -2.15. The Labute approximate surface area is 135 Å². The van der Waals surface area contributed by atoms with Gasteiger partial charge in [0, 0.05) is 22.0 Å². The Morgan fingerprint density at radius 2 is 1.86 bits per heavy atom. The molecule has 1 N–H and O–H groups in total. The van der Waals surface area contributed by atoms with E-state index >= 15 is 0 Å². The number of hydrogen-bond donors (Lipinski definition) is 1. The zero-order valence-electron chi connectivity index (χ0n) is 12.7. The number of aromatic nitrogens is 2. The number of fused-ring (bicyclic) bond motifs is 1. The SMILES string of the molecule is CCC(C)Nc1nc(-c2ccccc2)nc2cc(Cl)ccc12. The second-order valence-electron chi connectivity index (χ2n) is 5.38. The van der Waals surface area contributed by atoms with Gasteiger partial charge in [0.15, 0.2) is 5.82 Å². The van der Waals surface area contributed by atoms with Crippen molar-refractivity contribution in [1.82, 2.24) is 9.97 Å². The van der Waals surface area contributed by atoms with E-state index < -0.39 is 0 Å². The van der Waals surface area contributed by atoms with Crippen LogP contribution < -0.4 is 5.32 Å². The molecule has 0 saturated heterocycles. The summed E-state index contributed by atoms with van der Waals surface area (Å²) in [6, 6.07) is 16.1. The van der Waals surface area contributed by atoms with Gasteiger partial charge < -0.3 is 5.32 Å². The fraction of sp³-hybridized carbons (Fsp3) is 0.222. The van der Waals surface area contributed by atoms with Crippen LogP contribution in [0.3, 0.4) is 0 Å². The smallest absolute Gasteiger partial charge is 0.162 e. The number of nitrogens with zero attached hydrogens (tertiary/aromatic N) is 2. The van der Waals surface area contributed by atoms with Crippen LogP contribution in [0.25, 0.3) is 22.3 Å². The van der Waals surface area contributed by atoms with E-state index in [0.717, 1.165) is 28.7 Å². The monoisotopic (exact) mass is 311 g/mol. The molecule has 0 amide bonds. The summed E-state index contributed by atoms with van der Waals surface area (Å²) in [6.45, 7) is 4.29. The quantitative estimate of drug-likeness (QED) is 0.723. The van der Waals surface area contributed by atoms with E-state index in [4.69, 9.17) is 16.6 Å². The number of rotatable bonds is 4. The van der Waals surface area contributed by atoms with Crippen LogP contribution in [0, 0.1) is 0 Å². The van der Waals surface area contributed by atoms with Crippen LogP contribution >= 0.6 is 11.6 Å². The van der Waals surface area contributed by atoms with Gasteiger partial charge in [-0.2, -0.15) is 0 Å². The zero-order chi connectivity index (χ0) is 15.5. The number of halogens is 1. The largest absolute Gasteiger partial charge is 0.367 e. The molecule has 3 rings (SSSR count). The standard InChI is InChI=1S/C18H18ClN3/c1-3-12(2)20-18-15-10-9-14(19)11-16(15)21-17(22-18)13-7-5-4-6-8-13/h4-12H,3H2,1-2H3,(H,20,21,22). The van der Waals surface area contributed by atoms with Crippen molar-refractivity contribution in [2.75, 3.05) is 5.32 Å². The first-order valence-corrected chi connectivity index (χ1v) is 7.84. The maximum atomic E-state index is 6.12. The predicted molar refractivity (Wildman–Crippen MR) is 93.4 cm³/mol. The van der Waals surface area contributed by atoms with E-state index in [2.05, 4.69) is 24.1 Å². The molecular weight excluding hydrogens is 294 g/mol. The van der Waals surface area contributed by atoms with Gasteiger partial charge in [-0.25, -0.2) is 9.97 Å². The highest BCUT2D eigenvalue weighted by Crippen LogP contribution is 2.27. The molecule has 1 unspecified atom stereocenters. The second kappa shape index (κ2) is 6.32. The molecule has 1 heterocycles. The van der Waals surface area contributed by atoms with Crippen LogP contribution in [0.4, 0.5) is 5.82 Å². The molecule has 0 aliphatic rings. The average Bonchev–Trinajstić information content (AvgIpc) is 2.55. The third-order valence-corrected chi connectivity index (χ3v) is 3.92. The van der Waals surface area contributed by atoms with Crippen molar-refractivity contribution in [3.05, 3.63) is 53.6 Å². The Balaban J connectivity index is 2.18. The van der Waals surface area contributed by atoms with Gasteiger partial charge in [-0.1, -0.05) is 48.9 Å². The lowest BCUT2D eigenvalue weighted by Crippen LogP contribution is -2.15. The number of hydrogen-bond acceptors (Lipinski definition) is 3. The van der Waals surface area contributed by atoms with Crippen LogP contribution in [0.5, 0.6) is 0 Å². The van der Waals surface area contributed by atoms with Gasteiger partial charge in [0.25, 0.3) is 0 Å². The van der Waals surface area contributed by atoms with Gasteiger partial charge >= 0.3 is 0 Å². The Morgan fingerprint density at radius 1 is 1.09 bits per heavy atom. The molecule has 1 aromatic heterocycles. The summed E-state index contributed by atoms with van der Waals surface area (Å²) in [4.78, 5) is 9.39. The molecule has 112 valence electrons. The molecule has 0 saturated carbocycles. The molecule has 0 spiro atoms. The third kappa shape index (κ3) is 3.04. The van der Waals surface area contributed by atoms with Gasteiger partial charge in [0.05, 0.1) is 5.52 Å². The Hall–Kier alpha value is -2.13. The van der Waals surface area contributed by atoms with Crippen molar-refractivity contribution in [2.24, 2.45) is 0 Å². The van der Waals surface area contributed by atoms with Crippen molar-refractivity contribution in [2.45, 2.75) is 26.3 Å².